The van der Waals surface area contributed by atoms with Gasteiger partial charge in [-0.1, -0.05) is 55.8 Å². The Kier molecular flexibility index (Phi) is 4.27. The van der Waals surface area contributed by atoms with E-state index in [1.54, 1.807) is 0 Å². The summed E-state index contributed by atoms with van der Waals surface area (Å²) in [5.41, 5.74) is 3.80. The number of para-hydroxylation sites is 1. The van der Waals surface area contributed by atoms with E-state index in [1.807, 2.05) is 24.3 Å². The van der Waals surface area contributed by atoms with Crippen molar-refractivity contribution in [1.82, 2.24) is 0 Å². The second-order valence-electron chi connectivity index (χ2n) is 4.72. The van der Waals surface area contributed by atoms with Crippen molar-refractivity contribution < 1.29 is 0 Å². The van der Waals surface area contributed by atoms with Crippen LogP contribution in [-0.4, -0.2) is 0 Å². The molecule has 2 rings (SSSR count). The number of hydrogen-bond donors (Lipinski definition) is 1. The van der Waals surface area contributed by atoms with Gasteiger partial charge in [0.1, 0.15) is 0 Å². The summed E-state index contributed by atoms with van der Waals surface area (Å²) in [6.07, 6.45) is 0. The Hall–Kier alpha value is -1.47. The van der Waals surface area contributed by atoms with E-state index in [9.17, 15) is 0 Å². The third-order valence-electron chi connectivity index (χ3n) is 2.98. The van der Waals surface area contributed by atoms with E-state index in [1.165, 1.54) is 16.8 Å². The SMILES string of the molecule is CC(C)c1ccccc1NCc1ccc(Cl)cc1. The Morgan fingerprint density at radius 3 is 2.33 bits per heavy atom. The maximum atomic E-state index is 5.88. The van der Waals surface area contributed by atoms with Crippen molar-refractivity contribution in [3.8, 4) is 0 Å². The van der Waals surface area contributed by atoms with E-state index in [4.69, 9.17) is 11.6 Å². The second kappa shape index (κ2) is 5.92. The number of anilines is 1. The highest BCUT2D eigenvalue weighted by Crippen LogP contribution is 2.24. The quantitative estimate of drug-likeness (QED) is 0.808. The Morgan fingerprint density at radius 1 is 1.00 bits per heavy atom. The molecule has 0 bridgehead atoms. The van der Waals surface area contributed by atoms with Crippen molar-refractivity contribution in [3.63, 3.8) is 0 Å². The zero-order valence-corrected chi connectivity index (χ0v) is 11.5. The summed E-state index contributed by atoms with van der Waals surface area (Å²) in [5.74, 6) is 0.527. The molecule has 0 aliphatic rings. The molecule has 1 N–H and O–H groups in total. The molecule has 94 valence electrons. The van der Waals surface area contributed by atoms with Gasteiger partial charge in [-0.25, -0.2) is 0 Å². The van der Waals surface area contributed by atoms with Gasteiger partial charge in [0, 0.05) is 17.3 Å². The molecule has 0 saturated carbocycles. The first-order valence-electron chi connectivity index (χ1n) is 6.24. The smallest absolute Gasteiger partial charge is 0.0406 e. The molecular formula is C16H18ClN. The Morgan fingerprint density at radius 2 is 1.67 bits per heavy atom. The summed E-state index contributed by atoms with van der Waals surface area (Å²) in [6.45, 7) is 5.24. The molecule has 0 unspecified atom stereocenters. The first-order chi connectivity index (χ1) is 8.66. The van der Waals surface area contributed by atoms with Crippen molar-refractivity contribution >= 4 is 17.3 Å². The minimum absolute atomic E-state index is 0.527. The van der Waals surface area contributed by atoms with Crippen LogP contribution in [0.5, 0.6) is 0 Å². The number of hydrogen-bond acceptors (Lipinski definition) is 1. The monoisotopic (exact) mass is 259 g/mol. The van der Waals surface area contributed by atoms with Crippen LogP contribution >= 0.6 is 11.6 Å². The van der Waals surface area contributed by atoms with Crippen LogP contribution in [0.3, 0.4) is 0 Å². The van der Waals surface area contributed by atoms with Gasteiger partial charge in [0.15, 0.2) is 0 Å². The first-order valence-corrected chi connectivity index (χ1v) is 6.62. The van der Waals surface area contributed by atoms with E-state index in [-0.39, 0.29) is 0 Å². The fourth-order valence-electron chi connectivity index (χ4n) is 1.96. The average Bonchev–Trinajstić information content (AvgIpc) is 2.38. The molecule has 0 heterocycles. The van der Waals surface area contributed by atoms with Crippen LogP contribution < -0.4 is 5.32 Å². The predicted molar refractivity (Wildman–Crippen MR) is 79.3 cm³/mol. The lowest BCUT2D eigenvalue weighted by Gasteiger charge is -2.14. The van der Waals surface area contributed by atoms with Gasteiger partial charge in [-0.05, 0) is 35.2 Å². The van der Waals surface area contributed by atoms with Crippen LogP contribution in [0.15, 0.2) is 48.5 Å². The standard InChI is InChI=1S/C16H18ClN/c1-12(2)15-5-3-4-6-16(15)18-11-13-7-9-14(17)10-8-13/h3-10,12,18H,11H2,1-2H3. The summed E-state index contributed by atoms with van der Waals surface area (Å²) >= 11 is 5.88. The van der Waals surface area contributed by atoms with E-state index in [0.717, 1.165) is 11.6 Å². The molecule has 2 heteroatoms. The normalized spacial score (nSPS) is 10.7. The zero-order valence-electron chi connectivity index (χ0n) is 10.8. The summed E-state index contributed by atoms with van der Waals surface area (Å²) in [6, 6.07) is 16.4. The summed E-state index contributed by atoms with van der Waals surface area (Å²) in [5, 5.41) is 4.27. The first kappa shape index (κ1) is 13.0. The lowest BCUT2D eigenvalue weighted by atomic mass is 10.0. The number of halogens is 1. The lowest BCUT2D eigenvalue weighted by Crippen LogP contribution is -2.03. The molecule has 0 amide bonds. The minimum atomic E-state index is 0.527. The van der Waals surface area contributed by atoms with Crippen molar-refractivity contribution in [2.75, 3.05) is 5.32 Å². The number of rotatable bonds is 4. The molecule has 0 fully saturated rings. The van der Waals surface area contributed by atoms with Crippen molar-refractivity contribution in [3.05, 3.63) is 64.7 Å². The molecule has 0 saturated heterocycles. The van der Waals surface area contributed by atoms with E-state index >= 15 is 0 Å². The van der Waals surface area contributed by atoms with Crippen LogP contribution in [0.1, 0.15) is 30.9 Å². The van der Waals surface area contributed by atoms with Gasteiger partial charge in [-0.2, -0.15) is 0 Å². The van der Waals surface area contributed by atoms with Gasteiger partial charge in [0.2, 0.25) is 0 Å². The third-order valence-corrected chi connectivity index (χ3v) is 3.23. The molecule has 0 atom stereocenters. The van der Waals surface area contributed by atoms with Gasteiger partial charge in [0.25, 0.3) is 0 Å². The molecule has 2 aromatic rings. The molecule has 0 aromatic heterocycles. The van der Waals surface area contributed by atoms with Crippen LogP contribution in [0.2, 0.25) is 5.02 Å². The van der Waals surface area contributed by atoms with E-state index in [2.05, 4.69) is 43.4 Å². The molecular weight excluding hydrogens is 242 g/mol. The Bertz CT molecular complexity index is 503. The molecule has 2 aromatic carbocycles. The second-order valence-corrected chi connectivity index (χ2v) is 5.16. The maximum Gasteiger partial charge on any atom is 0.0406 e. The third kappa shape index (κ3) is 3.27. The van der Waals surface area contributed by atoms with Gasteiger partial charge in [-0.15, -0.1) is 0 Å². The topological polar surface area (TPSA) is 12.0 Å². The fraction of sp³-hybridized carbons (Fsp3) is 0.250. The molecule has 0 aliphatic heterocycles. The Balaban J connectivity index is 2.08. The lowest BCUT2D eigenvalue weighted by molar-refractivity contribution is 0.865. The molecule has 0 radical (unpaired) electrons. The van der Waals surface area contributed by atoms with Gasteiger partial charge in [-0.3, -0.25) is 0 Å². The maximum absolute atomic E-state index is 5.88. The van der Waals surface area contributed by atoms with Crippen LogP contribution in [-0.2, 0) is 6.54 Å². The average molecular weight is 260 g/mol. The van der Waals surface area contributed by atoms with Crippen molar-refractivity contribution in [2.24, 2.45) is 0 Å². The van der Waals surface area contributed by atoms with Crippen molar-refractivity contribution in [1.29, 1.82) is 0 Å². The van der Waals surface area contributed by atoms with Crippen molar-refractivity contribution in [2.45, 2.75) is 26.3 Å². The highest BCUT2D eigenvalue weighted by Gasteiger charge is 2.04. The summed E-state index contributed by atoms with van der Waals surface area (Å²) < 4.78 is 0. The molecule has 0 spiro atoms. The van der Waals surface area contributed by atoms with Gasteiger partial charge < -0.3 is 5.32 Å². The minimum Gasteiger partial charge on any atom is -0.381 e. The van der Waals surface area contributed by atoms with Crippen LogP contribution in [0, 0.1) is 0 Å². The van der Waals surface area contributed by atoms with Gasteiger partial charge >= 0.3 is 0 Å². The van der Waals surface area contributed by atoms with E-state index in [0.29, 0.717) is 5.92 Å². The Labute approximate surface area is 114 Å². The predicted octanol–water partition coefficient (Wildman–Crippen LogP) is 5.08. The highest BCUT2D eigenvalue weighted by atomic mass is 35.5. The number of benzene rings is 2. The summed E-state index contributed by atoms with van der Waals surface area (Å²) in [7, 11) is 0. The van der Waals surface area contributed by atoms with Gasteiger partial charge in [0.05, 0.1) is 0 Å². The molecule has 18 heavy (non-hydrogen) atoms. The van der Waals surface area contributed by atoms with E-state index < -0.39 is 0 Å². The zero-order chi connectivity index (χ0) is 13.0. The fourth-order valence-corrected chi connectivity index (χ4v) is 2.09. The van der Waals surface area contributed by atoms with Crippen LogP contribution in [0.25, 0.3) is 0 Å². The number of nitrogens with one attached hydrogen (secondary N) is 1. The summed E-state index contributed by atoms with van der Waals surface area (Å²) in [4.78, 5) is 0. The molecule has 1 nitrogen and oxygen atoms in total. The molecule has 0 aliphatic carbocycles. The largest absolute Gasteiger partial charge is 0.381 e. The van der Waals surface area contributed by atoms with Crippen LogP contribution in [0.4, 0.5) is 5.69 Å². The highest BCUT2D eigenvalue weighted by molar-refractivity contribution is 6.30.